The third kappa shape index (κ3) is 3.46. The first-order valence-electron chi connectivity index (χ1n) is 8.58. The lowest BCUT2D eigenvalue weighted by Crippen LogP contribution is -2.36. The van der Waals surface area contributed by atoms with E-state index in [0.29, 0.717) is 0 Å². The second kappa shape index (κ2) is 6.88. The van der Waals surface area contributed by atoms with Crippen LogP contribution in [0.5, 0.6) is 0 Å². The second-order valence-corrected chi connectivity index (χ2v) is 6.51. The molecule has 0 aromatic carbocycles. The smallest absolute Gasteiger partial charge is 0.243 e. The number of rotatable bonds is 6. The van der Waals surface area contributed by atoms with Crippen LogP contribution >= 0.6 is 0 Å². The molecule has 1 aromatic rings. The van der Waals surface area contributed by atoms with Gasteiger partial charge in [-0.15, -0.1) is 0 Å². The van der Waals surface area contributed by atoms with Gasteiger partial charge in [0.1, 0.15) is 0 Å². The number of hydrogen-bond donors (Lipinski definition) is 0. The molecule has 1 aromatic heterocycles. The Hall–Kier alpha value is -0.940. The van der Waals surface area contributed by atoms with Gasteiger partial charge in [-0.3, -0.25) is 9.80 Å². The van der Waals surface area contributed by atoms with Gasteiger partial charge in [-0.2, -0.15) is 4.98 Å². The molecule has 118 valence electrons. The summed E-state index contributed by atoms with van der Waals surface area (Å²) in [6.45, 7) is 9.25. The lowest BCUT2D eigenvalue weighted by Gasteiger charge is -2.25. The van der Waals surface area contributed by atoms with Crippen molar-refractivity contribution in [3.63, 3.8) is 0 Å². The maximum Gasteiger partial charge on any atom is 0.243 e. The fourth-order valence-electron chi connectivity index (χ4n) is 3.55. The number of aryl methyl sites for hydroxylation is 1. The quantitative estimate of drug-likeness (QED) is 0.806. The van der Waals surface area contributed by atoms with Crippen molar-refractivity contribution in [2.24, 2.45) is 0 Å². The Kier molecular flexibility index (Phi) is 4.91. The normalized spacial score (nSPS) is 25.7. The van der Waals surface area contributed by atoms with Crippen LogP contribution in [0.1, 0.15) is 63.7 Å². The molecule has 0 spiro atoms. The Morgan fingerprint density at radius 3 is 2.86 bits per heavy atom. The Labute approximate surface area is 127 Å². The summed E-state index contributed by atoms with van der Waals surface area (Å²) in [6, 6.07) is 0.984. The summed E-state index contributed by atoms with van der Waals surface area (Å²) >= 11 is 0. The van der Waals surface area contributed by atoms with Crippen LogP contribution in [0.4, 0.5) is 0 Å². The van der Waals surface area contributed by atoms with Gasteiger partial charge in [-0.25, -0.2) is 0 Å². The van der Waals surface area contributed by atoms with Crippen LogP contribution in [0, 0.1) is 0 Å². The SMILES string of the molecule is CCCCc1noc([C@H](C)N2CC[C@H](N3CCCC3)C2)n1. The van der Waals surface area contributed by atoms with E-state index in [2.05, 4.69) is 33.8 Å². The summed E-state index contributed by atoms with van der Waals surface area (Å²) in [5, 5.41) is 4.12. The van der Waals surface area contributed by atoms with Gasteiger partial charge in [0.25, 0.3) is 0 Å². The van der Waals surface area contributed by atoms with Crippen molar-refractivity contribution in [3.05, 3.63) is 11.7 Å². The number of aromatic nitrogens is 2. The first-order chi connectivity index (χ1) is 10.3. The molecule has 2 aliphatic heterocycles. The van der Waals surface area contributed by atoms with E-state index < -0.39 is 0 Å². The van der Waals surface area contributed by atoms with Crippen molar-refractivity contribution >= 4 is 0 Å². The highest BCUT2D eigenvalue weighted by Gasteiger charge is 2.33. The molecule has 0 N–H and O–H groups in total. The van der Waals surface area contributed by atoms with Crippen LogP contribution in [0.15, 0.2) is 4.52 Å². The number of unbranched alkanes of at least 4 members (excludes halogenated alkanes) is 1. The molecule has 0 amide bonds. The van der Waals surface area contributed by atoms with Gasteiger partial charge in [-0.05, 0) is 45.7 Å². The lowest BCUT2D eigenvalue weighted by molar-refractivity contribution is 0.182. The molecule has 0 bridgehead atoms. The van der Waals surface area contributed by atoms with Crippen LogP contribution in [0.2, 0.25) is 0 Å². The average molecular weight is 292 g/mol. The van der Waals surface area contributed by atoms with Crippen LogP contribution in [0.25, 0.3) is 0 Å². The van der Waals surface area contributed by atoms with Gasteiger partial charge < -0.3 is 4.52 Å². The van der Waals surface area contributed by atoms with Crippen molar-refractivity contribution in [2.45, 2.75) is 64.5 Å². The first kappa shape index (κ1) is 15.0. The molecular formula is C16H28N4O. The second-order valence-electron chi connectivity index (χ2n) is 6.51. The van der Waals surface area contributed by atoms with E-state index >= 15 is 0 Å². The molecule has 5 heteroatoms. The molecule has 0 saturated carbocycles. The van der Waals surface area contributed by atoms with E-state index in [1.165, 1.54) is 38.8 Å². The van der Waals surface area contributed by atoms with Gasteiger partial charge in [0.15, 0.2) is 5.82 Å². The summed E-state index contributed by atoms with van der Waals surface area (Å²) in [5.74, 6) is 1.66. The predicted octanol–water partition coefficient (Wildman–Crippen LogP) is 2.64. The summed E-state index contributed by atoms with van der Waals surface area (Å²) in [6.07, 6.45) is 7.26. The fraction of sp³-hybridized carbons (Fsp3) is 0.875. The highest BCUT2D eigenvalue weighted by Crippen LogP contribution is 2.27. The van der Waals surface area contributed by atoms with Crippen LogP contribution in [0.3, 0.4) is 0 Å². The maximum absolute atomic E-state index is 5.48. The van der Waals surface area contributed by atoms with E-state index in [1.807, 2.05) is 0 Å². The molecule has 2 aliphatic rings. The van der Waals surface area contributed by atoms with Crippen molar-refractivity contribution in [1.82, 2.24) is 19.9 Å². The van der Waals surface area contributed by atoms with Gasteiger partial charge in [0, 0.05) is 25.6 Å². The Balaban J connectivity index is 1.55. The summed E-state index contributed by atoms with van der Waals surface area (Å²) in [7, 11) is 0. The van der Waals surface area contributed by atoms with Crippen LogP contribution < -0.4 is 0 Å². The van der Waals surface area contributed by atoms with Gasteiger partial charge in [0.2, 0.25) is 5.89 Å². The van der Waals surface area contributed by atoms with E-state index in [0.717, 1.165) is 43.7 Å². The molecule has 0 unspecified atom stereocenters. The third-order valence-electron chi connectivity index (χ3n) is 4.99. The molecule has 3 rings (SSSR count). The van der Waals surface area contributed by atoms with Crippen molar-refractivity contribution in [2.75, 3.05) is 26.2 Å². The molecule has 3 heterocycles. The topological polar surface area (TPSA) is 45.4 Å². The molecule has 2 saturated heterocycles. The monoisotopic (exact) mass is 292 g/mol. The molecule has 0 radical (unpaired) electrons. The Bertz CT molecular complexity index is 441. The largest absolute Gasteiger partial charge is 0.338 e. The van der Waals surface area contributed by atoms with Crippen LogP contribution in [-0.4, -0.2) is 52.2 Å². The highest BCUT2D eigenvalue weighted by molar-refractivity contribution is 4.96. The maximum atomic E-state index is 5.48. The molecule has 21 heavy (non-hydrogen) atoms. The number of likely N-dealkylation sites (tertiary alicyclic amines) is 2. The first-order valence-corrected chi connectivity index (χ1v) is 8.58. The van der Waals surface area contributed by atoms with Crippen molar-refractivity contribution in [3.8, 4) is 0 Å². The molecular weight excluding hydrogens is 264 g/mol. The van der Waals surface area contributed by atoms with Crippen molar-refractivity contribution < 1.29 is 4.52 Å². The minimum Gasteiger partial charge on any atom is -0.338 e. The minimum atomic E-state index is 0.250. The number of nitrogens with zero attached hydrogens (tertiary/aromatic N) is 4. The van der Waals surface area contributed by atoms with Crippen LogP contribution in [-0.2, 0) is 6.42 Å². The summed E-state index contributed by atoms with van der Waals surface area (Å²) < 4.78 is 5.48. The van der Waals surface area contributed by atoms with Gasteiger partial charge >= 0.3 is 0 Å². The zero-order valence-corrected chi connectivity index (χ0v) is 13.4. The summed E-state index contributed by atoms with van der Waals surface area (Å²) in [5.41, 5.74) is 0. The molecule has 0 aliphatic carbocycles. The Morgan fingerprint density at radius 2 is 2.10 bits per heavy atom. The van der Waals surface area contributed by atoms with E-state index in [9.17, 15) is 0 Å². The predicted molar refractivity (Wildman–Crippen MR) is 82.1 cm³/mol. The highest BCUT2D eigenvalue weighted by atomic mass is 16.5. The Morgan fingerprint density at radius 1 is 1.29 bits per heavy atom. The zero-order valence-electron chi connectivity index (χ0n) is 13.4. The standard InChI is InChI=1S/C16H28N4O/c1-3-4-7-15-17-16(21-18-15)13(2)20-11-8-14(12-20)19-9-5-6-10-19/h13-14H,3-12H2,1-2H3/t13-,14-/m0/s1. The van der Waals surface area contributed by atoms with E-state index in [1.54, 1.807) is 0 Å². The van der Waals surface area contributed by atoms with Crippen molar-refractivity contribution in [1.29, 1.82) is 0 Å². The number of hydrogen-bond acceptors (Lipinski definition) is 5. The molecule has 5 nitrogen and oxygen atoms in total. The minimum absolute atomic E-state index is 0.250. The average Bonchev–Trinajstić information content (AvgIpc) is 3.24. The van der Waals surface area contributed by atoms with Gasteiger partial charge in [0.05, 0.1) is 6.04 Å². The van der Waals surface area contributed by atoms with E-state index in [4.69, 9.17) is 4.52 Å². The van der Waals surface area contributed by atoms with E-state index in [-0.39, 0.29) is 6.04 Å². The summed E-state index contributed by atoms with van der Waals surface area (Å²) in [4.78, 5) is 9.74. The lowest BCUT2D eigenvalue weighted by atomic mass is 10.2. The zero-order chi connectivity index (χ0) is 14.7. The third-order valence-corrected chi connectivity index (χ3v) is 4.99. The fourth-order valence-corrected chi connectivity index (χ4v) is 3.55. The van der Waals surface area contributed by atoms with Gasteiger partial charge in [-0.1, -0.05) is 18.5 Å². The molecule has 2 fully saturated rings. The molecule has 2 atom stereocenters.